The number of para-hydroxylation sites is 1. The number of rotatable bonds is 7. The van der Waals surface area contributed by atoms with Gasteiger partial charge in [0.25, 0.3) is 5.56 Å². The highest BCUT2D eigenvalue weighted by molar-refractivity contribution is 5.43. The molecule has 1 aromatic carbocycles. The molecule has 21 heavy (non-hydrogen) atoms. The minimum absolute atomic E-state index is 0.0390. The first-order chi connectivity index (χ1) is 10.2. The summed E-state index contributed by atoms with van der Waals surface area (Å²) in [4.78, 5) is 11.7. The molecule has 0 fully saturated rings. The summed E-state index contributed by atoms with van der Waals surface area (Å²) >= 11 is 0. The van der Waals surface area contributed by atoms with Crippen LogP contribution in [0.1, 0.15) is 25.8 Å². The van der Waals surface area contributed by atoms with Gasteiger partial charge in [0.15, 0.2) is 0 Å². The van der Waals surface area contributed by atoms with E-state index in [1.807, 2.05) is 43.5 Å². The van der Waals surface area contributed by atoms with Crippen LogP contribution in [0.4, 0.5) is 5.69 Å². The Balaban J connectivity index is 2.09. The van der Waals surface area contributed by atoms with Gasteiger partial charge in [-0.1, -0.05) is 25.1 Å². The molecule has 0 radical (unpaired) electrons. The quantitative estimate of drug-likeness (QED) is 0.849. The summed E-state index contributed by atoms with van der Waals surface area (Å²) in [6, 6.07) is 11.4. The van der Waals surface area contributed by atoms with Gasteiger partial charge in [0.05, 0.1) is 12.3 Å². The molecule has 0 aliphatic rings. The van der Waals surface area contributed by atoms with E-state index in [0.717, 1.165) is 30.0 Å². The van der Waals surface area contributed by atoms with Gasteiger partial charge < -0.3 is 14.6 Å². The van der Waals surface area contributed by atoms with Gasteiger partial charge in [-0.3, -0.25) is 4.79 Å². The molecule has 2 rings (SSSR count). The summed E-state index contributed by atoms with van der Waals surface area (Å²) in [5.41, 5.74) is 2.08. The maximum Gasteiger partial charge on any atom is 0.250 e. The van der Waals surface area contributed by atoms with Gasteiger partial charge in [-0.2, -0.15) is 0 Å². The lowest BCUT2D eigenvalue weighted by Crippen LogP contribution is -2.18. The molecule has 4 nitrogen and oxygen atoms in total. The lowest BCUT2D eigenvalue weighted by molar-refractivity contribution is 0.337. The van der Waals surface area contributed by atoms with Crippen molar-refractivity contribution in [1.29, 1.82) is 0 Å². The van der Waals surface area contributed by atoms with Crippen LogP contribution in [0.15, 0.2) is 47.4 Å². The predicted molar refractivity (Wildman–Crippen MR) is 85.9 cm³/mol. The van der Waals surface area contributed by atoms with Crippen LogP contribution in [0.3, 0.4) is 0 Å². The predicted octanol–water partition coefficient (Wildman–Crippen LogP) is 3.27. The average Bonchev–Trinajstić information content (AvgIpc) is 2.50. The third kappa shape index (κ3) is 4.12. The molecule has 1 aromatic heterocycles. The first kappa shape index (κ1) is 15.2. The minimum Gasteiger partial charge on any atom is -0.494 e. The number of aryl methyl sites for hydroxylation is 1. The van der Waals surface area contributed by atoms with Crippen molar-refractivity contribution in [2.24, 2.45) is 0 Å². The molecule has 2 aromatic rings. The molecule has 0 unspecified atom stereocenters. The van der Waals surface area contributed by atoms with Gasteiger partial charge in [0.1, 0.15) is 5.75 Å². The Kier molecular flexibility index (Phi) is 5.43. The number of nitrogens with one attached hydrogen (secondary N) is 1. The molecule has 1 N–H and O–H groups in total. The van der Waals surface area contributed by atoms with Gasteiger partial charge in [-0.05, 0) is 25.5 Å². The minimum atomic E-state index is 0.0390. The van der Waals surface area contributed by atoms with Crippen LogP contribution >= 0.6 is 0 Å². The maximum absolute atomic E-state index is 11.7. The van der Waals surface area contributed by atoms with Crippen LogP contribution in [0.5, 0.6) is 5.75 Å². The summed E-state index contributed by atoms with van der Waals surface area (Å²) in [5.74, 6) is 0.898. The molecule has 4 heteroatoms. The number of aromatic nitrogens is 1. The first-order valence-electron chi connectivity index (χ1n) is 7.39. The molecule has 0 amide bonds. The van der Waals surface area contributed by atoms with Gasteiger partial charge in [-0.25, -0.2) is 0 Å². The topological polar surface area (TPSA) is 43.3 Å². The second-order valence-corrected chi connectivity index (χ2v) is 4.84. The fourth-order valence-electron chi connectivity index (χ4n) is 2.20. The Bertz CT molecular complexity index is 635. The van der Waals surface area contributed by atoms with Gasteiger partial charge in [0.2, 0.25) is 0 Å². The zero-order valence-electron chi connectivity index (χ0n) is 12.6. The third-order valence-corrected chi connectivity index (χ3v) is 3.20. The van der Waals surface area contributed by atoms with Crippen molar-refractivity contribution in [1.82, 2.24) is 4.57 Å². The average molecular weight is 286 g/mol. The van der Waals surface area contributed by atoms with Gasteiger partial charge >= 0.3 is 0 Å². The Morgan fingerprint density at radius 3 is 2.71 bits per heavy atom. The standard InChI is InChI=1S/C17H22N2O2/c1-3-11-19-13-15(9-10-17(19)20)18-12-14-7-5-6-8-16(14)21-4-2/h5-10,13,18H,3-4,11-12H2,1-2H3. The van der Waals surface area contributed by atoms with Crippen LogP contribution in [0.2, 0.25) is 0 Å². The number of ether oxygens (including phenoxy) is 1. The fourth-order valence-corrected chi connectivity index (χ4v) is 2.20. The number of nitrogens with zero attached hydrogens (tertiary/aromatic N) is 1. The maximum atomic E-state index is 11.7. The Morgan fingerprint density at radius 1 is 1.14 bits per heavy atom. The van der Waals surface area contributed by atoms with E-state index in [-0.39, 0.29) is 5.56 Å². The second kappa shape index (κ2) is 7.53. The summed E-state index contributed by atoms with van der Waals surface area (Å²) < 4.78 is 7.34. The van der Waals surface area contributed by atoms with Crippen LogP contribution in [0.25, 0.3) is 0 Å². The Morgan fingerprint density at radius 2 is 1.95 bits per heavy atom. The summed E-state index contributed by atoms with van der Waals surface area (Å²) in [7, 11) is 0. The van der Waals surface area contributed by atoms with E-state index < -0.39 is 0 Å². The van der Waals surface area contributed by atoms with E-state index in [1.165, 1.54) is 0 Å². The van der Waals surface area contributed by atoms with Crippen molar-refractivity contribution in [2.75, 3.05) is 11.9 Å². The molecule has 0 aliphatic carbocycles. The van der Waals surface area contributed by atoms with E-state index in [4.69, 9.17) is 4.74 Å². The molecular formula is C17H22N2O2. The molecule has 0 bridgehead atoms. The zero-order chi connectivity index (χ0) is 15.1. The van der Waals surface area contributed by atoms with E-state index in [0.29, 0.717) is 13.2 Å². The Labute approximate surface area is 125 Å². The van der Waals surface area contributed by atoms with Crippen molar-refractivity contribution in [3.63, 3.8) is 0 Å². The molecule has 0 saturated heterocycles. The van der Waals surface area contributed by atoms with Gasteiger partial charge in [0, 0.05) is 30.9 Å². The largest absolute Gasteiger partial charge is 0.494 e. The molecule has 112 valence electrons. The van der Waals surface area contributed by atoms with E-state index >= 15 is 0 Å². The van der Waals surface area contributed by atoms with Crippen molar-refractivity contribution >= 4 is 5.69 Å². The highest BCUT2D eigenvalue weighted by atomic mass is 16.5. The number of pyridine rings is 1. The zero-order valence-corrected chi connectivity index (χ0v) is 12.6. The lowest BCUT2D eigenvalue weighted by atomic mass is 10.2. The normalized spacial score (nSPS) is 10.4. The second-order valence-electron chi connectivity index (χ2n) is 4.84. The molecule has 0 atom stereocenters. The monoisotopic (exact) mass is 286 g/mol. The van der Waals surface area contributed by atoms with Crippen molar-refractivity contribution in [3.05, 3.63) is 58.5 Å². The molecule has 0 spiro atoms. The number of anilines is 1. The summed E-state index contributed by atoms with van der Waals surface area (Å²) in [6.45, 7) is 6.10. The highest BCUT2D eigenvalue weighted by Crippen LogP contribution is 2.19. The third-order valence-electron chi connectivity index (χ3n) is 3.20. The van der Waals surface area contributed by atoms with Crippen molar-refractivity contribution in [3.8, 4) is 5.75 Å². The fraction of sp³-hybridized carbons (Fsp3) is 0.353. The highest BCUT2D eigenvalue weighted by Gasteiger charge is 2.03. The Hall–Kier alpha value is -2.23. The van der Waals surface area contributed by atoms with Crippen LogP contribution in [-0.2, 0) is 13.1 Å². The van der Waals surface area contributed by atoms with Crippen molar-refractivity contribution < 1.29 is 4.74 Å². The van der Waals surface area contributed by atoms with E-state index in [9.17, 15) is 4.79 Å². The molecule has 1 heterocycles. The van der Waals surface area contributed by atoms with E-state index in [1.54, 1.807) is 10.6 Å². The molecule has 0 saturated carbocycles. The lowest BCUT2D eigenvalue weighted by Gasteiger charge is -2.12. The SMILES string of the molecule is CCCn1cc(NCc2ccccc2OCC)ccc1=O. The smallest absolute Gasteiger partial charge is 0.250 e. The van der Waals surface area contributed by atoms with Crippen LogP contribution in [-0.4, -0.2) is 11.2 Å². The van der Waals surface area contributed by atoms with Crippen molar-refractivity contribution in [2.45, 2.75) is 33.4 Å². The summed E-state index contributed by atoms with van der Waals surface area (Å²) in [5, 5.41) is 3.35. The van der Waals surface area contributed by atoms with Crippen LogP contribution < -0.4 is 15.6 Å². The first-order valence-corrected chi connectivity index (χ1v) is 7.39. The number of benzene rings is 1. The van der Waals surface area contributed by atoms with Crippen LogP contribution in [0, 0.1) is 0 Å². The molecule has 0 aliphatic heterocycles. The summed E-state index contributed by atoms with van der Waals surface area (Å²) in [6.07, 6.45) is 2.81. The number of hydrogen-bond acceptors (Lipinski definition) is 3. The molecular weight excluding hydrogens is 264 g/mol. The van der Waals surface area contributed by atoms with E-state index in [2.05, 4.69) is 12.2 Å². The number of hydrogen-bond donors (Lipinski definition) is 1. The van der Waals surface area contributed by atoms with Gasteiger partial charge in [-0.15, -0.1) is 0 Å².